The first-order valence-corrected chi connectivity index (χ1v) is 6.88. The number of carbonyl (C=O) groups excluding carboxylic acids is 1. The maximum atomic E-state index is 11.4. The van der Waals surface area contributed by atoms with E-state index in [2.05, 4.69) is 36.5 Å². The fourth-order valence-corrected chi connectivity index (χ4v) is 2.21. The van der Waals surface area contributed by atoms with Crippen LogP contribution in [0.15, 0.2) is 29.2 Å². The van der Waals surface area contributed by atoms with Crippen LogP contribution in [0.25, 0.3) is 0 Å². The number of halogens is 1. The molecular weight excluding hydrogens is 268 g/mol. The lowest BCUT2D eigenvalue weighted by molar-refractivity contribution is -0.121. The topological polar surface area (TPSA) is 55.1 Å². The van der Waals surface area contributed by atoms with E-state index in [1.165, 1.54) is 4.90 Å². The molecule has 102 valence electrons. The van der Waals surface area contributed by atoms with Crippen LogP contribution >= 0.6 is 24.2 Å². The smallest absolute Gasteiger partial charge is 0.221 e. The third-order valence-electron chi connectivity index (χ3n) is 2.44. The fraction of sp³-hybridized carbons (Fsp3) is 0.462. The van der Waals surface area contributed by atoms with Crippen molar-refractivity contribution in [1.82, 2.24) is 5.32 Å². The molecule has 18 heavy (non-hydrogen) atoms. The predicted molar refractivity (Wildman–Crippen MR) is 80.3 cm³/mol. The Bertz CT molecular complexity index is 357. The summed E-state index contributed by atoms with van der Waals surface area (Å²) < 4.78 is 0. The molecule has 1 aromatic carbocycles. The zero-order valence-electron chi connectivity index (χ0n) is 10.8. The van der Waals surface area contributed by atoms with Gasteiger partial charge in [0.1, 0.15) is 0 Å². The molecule has 0 aliphatic rings. The zero-order chi connectivity index (χ0) is 12.7. The molecule has 0 radical (unpaired) electrons. The lowest BCUT2D eigenvalue weighted by Gasteiger charge is -2.14. The van der Waals surface area contributed by atoms with Gasteiger partial charge in [-0.2, -0.15) is 0 Å². The summed E-state index contributed by atoms with van der Waals surface area (Å²) in [6, 6.07) is 8.34. The number of hydrogen-bond donors (Lipinski definition) is 2. The average Bonchev–Trinajstić information content (AvgIpc) is 2.30. The molecule has 1 unspecified atom stereocenters. The molecule has 0 bridgehead atoms. The van der Waals surface area contributed by atoms with Gasteiger partial charge in [-0.25, -0.2) is 0 Å². The quantitative estimate of drug-likeness (QED) is 0.792. The van der Waals surface area contributed by atoms with E-state index in [-0.39, 0.29) is 24.4 Å². The van der Waals surface area contributed by atoms with Crippen molar-refractivity contribution in [2.75, 3.05) is 12.3 Å². The van der Waals surface area contributed by atoms with Gasteiger partial charge in [-0.05, 0) is 30.4 Å². The summed E-state index contributed by atoms with van der Waals surface area (Å²) in [6.45, 7) is 4.51. The molecule has 1 amide bonds. The molecule has 0 spiro atoms. The van der Waals surface area contributed by atoms with Crippen molar-refractivity contribution in [2.45, 2.75) is 31.2 Å². The number of rotatable bonds is 6. The number of carbonyl (C=O) groups is 1. The first kappa shape index (κ1) is 17.3. The maximum absolute atomic E-state index is 11.4. The first-order valence-electron chi connectivity index (χ1n) is 5.89. The number of nitrogens with one attached hydrogen (secondary N) is 1. The Morgan fingerprint density at radius 1 is 1.39 bits per heavy atom. The van der Waals surface area contributed by atoms with Gasteiger partial charge in [0.15, 0.2) is 0 Å². The van der Waals surface area contributed by atoms with Gasteiger partial charge in [0.05, 0.1) is 6.04 Å². The molecule has 0 saturated carbocycles. The normalized spacial score (nSPS) is 11.5. The van der Waals surface area contributed by atoms with Crippen molar-refractivity contribution in [2.24, 2.45) is 5.73 Å². The monoisotopic (exact) mass is 288 g/mol. The van der Waals surface area contributed by atoms with Crippen LogP contribution < -0.4 is 11.1 Å². The Morgan fingerprint density at radius 3 is 2.50 bits per heavy atom. The van der Waals surface area contributed by atoms with Gasteiger partial charge in [-0.3, -0.25) is 4.79 Å². The summed E-state index contributed by atoms with van der Waals surface area (Å²) in [5, 5.41) is 2.92. The molecule has 0 fully saturated rings. The van der Waals surface area contributed by atoms with Crippen molar-refractivity contribution in [3.8, 4) is 0 Å². The first-order chi connectivity index (χ1) is 8.17. The van der Waals surface area contributed by atoms with Crippen LogP contribution in [0.5, 0.6) is 0 Å². The molecule has 1 aromatic rings. The van der Waals surface area contributed by atoms with E-state index in [0.717, 1.165) is 11.3 Å². The Labute approximate surface area is 119 Å². The number of nitrogens with two attached hydrogens (primary N) is 1. The van der Waals surface area contributed by atoms with Crippen molar-refractivity contribution < 1.29 is 4.79 Å². The molecule has 1 rings (SSSR count). The SMILES string of the molecule is CCSc1ccc(C(C)NC(=O)CCN)cc1.Cl. The summed E-state index contributed by atoms with van der Waals surface area (Å²) in [5.74, 6) is 1.08. The number of benzene rings is 1. The van der Waals surface area contributed by atoms with Gasteiger partial charge >= 0.3 is 0 Å². The molecule has 0 heterocycles. The third kappa shape index (κ3) is 5.76. The summed E-state index contributed by atoms with van der Waals surface area (Å²) in [4.78, 5) is 12.7. The highest BCUT2D eigenvalue weighted by Gasteiger charge is 2.08. The van der Waals surface area contributed by atoms with Crippen LogP contribution in [-0.4, -0.2) is 18.2 Å². The highest BCUT2D eigenvalue weighted by Crippen LogP contribution is 2.20. The summed E-state index contributed by atoms with van der Waals surface area (Å²) in [6.07, 6.45) is 0.383. The highest BCUT2D eigenvalue weighted by atomic mass is 35.5. The van der Waals surface area contributed by atoms with Crippen molar-refractivity contribution in [1.29, 1.82) is 0 Å². The van der Waals surface area contributed by atoms with Gasteiger partial charge in [0, 0.05) is 17.9 Å². The predicted octanol–water partition coefficient (Wildman–Crippen LogP) is 2.75. The molecule has 0 aromatic heterocycles. The van der Waals surface area contributed by atoms with Crippen molar-refractivity contribution >= 4 is 30.1 Å². The fourth-order valence-electron chi connectivity index (χ4n) is 1.55. The molecule has 5 heteroatoms. The molecule has 3 N–H and O–H groups in total. The Morgan fingerprint density at radius 2 is 2.00 bits per heavy atom. The maximum Gasteiger partial charge on any atom is 0.221 e. The minimum Gasteiger partial charge on any atom is -0.350 e. The van der Waals surface area contributed by atoms with E-state index in [0.29, 0.717) is 13.0 Å². The summed E-state index contributed by atoms with van der Waals surface area (Å²) >= 11 is 1.81. The largest absolute Gasteiger partial charge is 0.350 e. The van der Waals surface area contributed by atoms with Gasteiger partial charge in [0.25, 0.3) is 0 Å². The van der Waals surface area contributed by atoms with Crippen LogP contribution in [0.3, 0.4) is 0 Å². The lowest BCUT2D eigenvalue weighted by Crippen LogP contribution is -2.28. The van der Waals surface area contributed by atoms with Crippen LogP contribution in [-0.2, 0) is 4.79 Å². The van der Waals surface area contributed by atoms with Gasteiger partial charge in [0.2, 0.25) is 5.91 Å². The second kappa shape index (κ2) is 9.25. The molecule has 0 aliphatic carbocycles. The summed E-state index contributed by atoms with van der Waals surface area (Å²) in [7, 11) is 0. The van der Waals surface area contributed by atoms with Crippen LogP contribution in [0.4, 0.5) is 0 Å². The van der Waals surface area contributed by atoms with E-state index in [1.54, 1.807) is 0 Å². The van der Waals surface area contributed by atoms with Crippen LogP contribution in [0, 0.1) is 0 Å². The van der Waals surface area contributed by atoms with Gasteiger partial charge in [-0.15, -0.1) is 24.2 Å². The number of hydrogen-bond acceptors (Lipinski definition) is 3. The average molecular weight is 289 g/mol. The zero-order valence-corrected chi connectivity index (χ0v) is 12.4. The van der Waals surface area contributed by atoms with Crippen molar-refractivity contribution in [3.05, 3.63) is 29.8 Å². The van der Waals surface area contributed by atoms with Gasteiger partial charge < -0.3 is 11.1 Å². The van der Waals surface area contributed by atoms with E-state index in [4.69, 9.17) is 5.73 Å². The lowest BCUT2D eigenvalue weighted by atomic mass is 10.1. The molecule has 0 aliphatic heterocycles. The minimum atomic E-state index is 0. The molecule has 1 atom stereocenters. The third-order valence-corrected chi connectivity index (χ3v) is 3.33. The Kier molecular flexibility index (Phi) is 8.89. The summed E-state index contributed by atoms with van der Waals surface area (Å²) in [5.41, 5.74) is 6.45. The minimum absolute atomic E-state index is 0. The number of thioether (sulfide) groups is 1. The van der Waals surface area contributed by atoms with E-state index >= 15 is 0 Å². The van der Waals surface area contributed by atoms with Gasteiger partial charge in [-0.1, -0.05) is 19.1 Å². The Hall–Kier alpha value is -0.710. The van der Waals surface area contributed by atoms with E-state index in [1.807, 2.05) is 18.7 Å². The molecule has 3 nitrogen and oxygen atoms in total. The Balaban J connectivity index is 0.00000289. The van der Waals surface area contributed by atoms with E-state index in [9.17, 15) is 4.79 Å². The highest BCUT2D eigenvalue weighted by molar-refractivity contribution is 7.99. The molecule has 0 saturated heterocycles. The van der Waals surface area contributed by atoms with Crippen LogP contribution in [0.2, 0.25) is 0 Å². The van der Waals surface area contributed by atoms with Crippen molar-refractivity contribution in [3.63, 3.8) is 0 Å². The molecular formula is C13H21ClN2OS. The number of amides is 1. The van der Waals surface area contributed by atoms with E-state index < -0.39 is 0 Å². The second-order valence-electron chi connectivity index (χ2n) is 3.83. The second-order valence-corrected chi connectivity index (χ2v) is 5.17. The standard InChI is InChI=1S/C13H20N2OS.ClH/c1-3-17-12-6-4-11(5-7-12)10(2)15-13(16)8-9-14;/h4-7,10H,3,8-9,14H2,1-2H3,(H,15,16);1H. The van der Waals surface area contributed by atoms with Crippen LogP contribution in [0.1, 0.15) is 31.9 Å².